The highest BCUT2D eigenvalue weighted by molar-refractivity contribution is 7.85. The summed E-state index contributed by atoms with van der Waals surface area (Å²) < 4.78 is 18.8. The SMILES string of the molecule is Cc1cc(N)ccc1S(=O)CC1CCC2(CCCC2)O1. The molecule has 20 heavy (non-hydrogen) atoms. The highest BCUT2D eigenvalue weighted by atomic mass is 32.2. The lowest BCUT2D eigenvalue weighted by Gasteiger charge is -2.23. The highest BCUT2D eigenvalue weighted by Gasteiger charge is 2.42. The maximum atomic E-state index is 12.5. The van der Waals surface area contributed by atoms with Crippen LogP contribution in [-0.4, -0.2) is 21.7 Å². The first-order valence-electron chi connectivity index (χ1n) is 7.50. The van der Waals surface area contributed by atoms with Gasteiger partial charge in [0.2, 0.25) is 0 Å². The molecule has 2 aliphatic rings. The second-order valence-electron chi connectivity index (χ2n) is 6.21. The number of anilines is 1. The van der Waals surface area contributed by atoms with Crippen LogP contribution in [0, 0.1) is 6.92 Å². The van der Waals surface area contributed by atoms with Crippen molar-refractivity contribution in [3.8, 4) is 0 Å². The number of hydrogen-bond donors (Lipinski definition) is 1. The minimum Gasteiger partial charge on any atom is -0.399 e. The van der Waals surface area contributed by atoms with Crippen LogP contribution in [0.15, 0.2) is 23.1 Å². The first kappa shape index (κ1) is 14.1. The van der Waals surface area contributed by atoms with E-state index in [0.29, 0.717) is 5.75 Å². The number of aryl methyl sites for hydroxylation is 1. The predicted octanol–water partition coefficient (Wildman–Crippen LogP) is 3.18. The molecule has 0 amide bonds. The summed E-state index contributed by atoms with van der Waals surface area (Å²) in [6.45, 7) is 1.97. The van der Waals surface area contributed by atoms with Crippen LogP contribution in [0.3, 0.4) is 0 Å². The maximum absolute atomic E-state index is 12.5. The third-order valence-electron chi connectivity index (χ3n) is 4.63. The molecule has 1 saturated heterocycles. The monoisotopic (exact) mass is 293 g/mol. The van der Waals surface area contributed by atoms with E-state index in [1.165, 1.54) is 25.7 Å². The minimum absolute atomic E-state index is 0.130. The molecule has 4 heteroatoms. The van der Waals surface area contributed by atoms with E-state index >= 15 is 0 Å². The van der Waals surface area contributed by atoms with Crippen LogP contribution in [0.1, 0.15) is 44.1 Å². The average Bonchev–Trinajstić information content (AvgIpc) is 3.00. The Balaban J connectivity index is 1.65. The molecule has 1 spiro atoms. The largest absolute Gasteiger partial charge is 0.399 e. The molecule has 110 valence electrons. The van der Waals surface area contributed by atoms with E-state index in [9.17, 15) is 4.21 Å². The molecule has 2 fully saturated rings. The standard InChI is InChI=1S/C16H23NO2S/c1-12-10-13(17)4-5-15(12)20(18)11-14-6-9-16(19-14)7-2-3-8-16/h4-5,10,14H,2-3,6-9,11,17H2,1H3. The lowest BCUT2D eigenvalue weighted by molar-refractivity contribution is -0.0270. The van der Waals surface area contributed by atoms with Crippen molar-refractivity contribution >= 4 is 16.5 Å². The van der Waals surface area contributed by atoms with Crippen LogP contribution in [0.25, 0.3) is 0 Å². The minimum atomic E-state index is -0.990. The Morgan fingerprint density at radius 3 is 2.80 bits per heavy atom. The van der Waals surface area contributed by atoms with Gasteiger partial charge in [-0.05, 0) is 56.4 Å². The van der Waals surface area contributed by atoms with Gasteiger partial charge in [0.15, 0.2) is 0 Å². The number of hydrogen-bond acceptors (Lipinski definition) is 3. The molecule has 1 aromatic rings. The Labute approximate surface area is 123 Å². The molecule has 2 N–H and O–H groups in total. The van der Waals surface area contributed by atoms with Crippen LogP contribution < -0.4 is 5.73 Å². The molecule has 1 aliphatic carbocycles. The molecule has 1 heterocycles. The number of rotatable bonds is 3. The van der Waals surface area contributed by atoms with Crippen LogP contribution in [0.5, 0.6) is 0 Å². The van der Waals surface area contributed by atoms with Crippen LogP contribution in [0.4, 0.5) is 5.69 Å². The summed E-state index contributed by atoms with van der Waals surface area (Å²) in [5.41, 5.74) is 7.61. The van der Waals surface area contributed by atoms with Gasteiger partial charge in [-0.25, -0.2) is 0 Å². The fraction of sp³-hybridized carbons (Fsp3) is 0.625. The first-order valence-corrected chi connectivity index (χ1v) is 8.82. The summed E-state index contributed by atoms with van der Waals surface area (Å²) in [5.74, 6) is 0.618. The fourth-order valence-corrected chi connectivity index (χ4v) is 4.98. The van der Waals surface area contributed by atoms with Crippen molar-refractivity contribution in [2.45, 2.75) is 62.0 Å². The zero-order valence-electron chi connectivity index (χ0n) is 12.1. The van der Waals surface area contributed by atoms with Crippen LogP contribution in [-0.2, 0) is 15.5 Å². The molecule has 0 aromatic heterocycles. The highest BCUT2D eigenvalue weighted by Crippen LogP contribution is 2.43. The van der Waals surface area contributed by atoms with Crippen molar-refractivity contribution in [1.29, 1.82) is 0 Å². The van der Waals surface area contributed by atoms with Crippen molar-refractivity contribution in [1.82, 2.24) is 0 Å². The van der Waals surface area contributed by atoms with E-state index in [-0.39, 0.29) is 11.7 Å². The summed E-state index contributed by atoms with van der Waals surface area (Å²) in [4.78, 5) is 0.898. The van der Waals surface area contributed by atoms with Crippen molar-refractivity contribution in [3.05, 3.63) is 23.8 Å². The van der Waals surface area contributed by atoms with Gasteiger partial charge in [0, 0.05) is 10.6 Å². The van der Waals surface area contributed by atoms with E-state index in [4.69, 9.17) is 10.5 Å². The normalized spacial score (nSPS) is 26.1. The summed E-state index contributed by atoms with van der Waals surface area (Å²) >= 11 is 0. The van der Waals surface area contributed by atoms with Crippen molar-refractivity contribution < 1.29 is 8.95 Å². The van der Waals surface area contributed by atoms with Crippen molar-refractivity contribution in [3.63, 3.8) is 0 Å². The maximum Gasteiger partial charge on any atom is 0.0702 e. The quantitative estimate of drug-likeness (QED) is 0.871. The van der Waals surface area contributed by atoms with Gasteiger partial charge in [-0.2, -0.15) is 0 Å². The molecule has 3 nitrogen and oxygen atoms in total. The Kier molecular flexibility index (Phi) is 3.87. The molecular weight excluding hydrogens is 270 g/mol. The van der Waals surface area contributed by atoms with Gasteiger partial charge in [-0.1, -0.05) is 12.8 Å². The second kappa shape index (κ2) is 5.49. The first-order chi connectivity index (χ1) is 9.58. The predicted molar refractivity (Wildman–Crippen MR) is 82.2 cm³/mol. The summed E-state index contributed by atoms with van der Waals surface area (Å²) in [6, 6.07) is 5.61. The molecule has 0 bridgehead atoms. The molecule has 2 atom stereocenters. The van der Waals surface area contributed by atoms with E-state index in [2.05, 4.69) is 0 Å². The van der Waals surface area contributed by atoms with E-state index in [0.717, 1.165) is 29.0 Å². The molecule has 1 aliphatic heterocycles. The Morgan fingerprint density at radius 1 is 1.35 bits per heavy atom. The van der Waals surface area contributed by atoms with Gasteiger partial charge in [0.25, 0.3) is 0 Å². The third kappa shape index (κ3) is 2.77. The van der Waals surface area contributed by atoms with Gasteiger partial charge in [0.05, 0.1) is 28.3 Å². The second-order valence-corrected chi connectivity index (χ2v) is 7.67. The van der Waals surface area contributed by atoms with E-state index in [1.54, 1.807) is 0 Å². The molecule has 3 rings (SSSR count). The number of ether oxygens (including phenoxy) is 1. The number of nitrogen functional groups attached to an aromatic ring is 1. The lowest BCUT2D eigenvalue weighted by atomic mass is 9.98. The zero-order valence-corrected chi connectivity index (χ0v) is 12.9. The lowest BCUT2D eigenvalue weighted by Crippen LogP contribution is -2.27. The average molecular weight is 293 g/mol. The zero-order chi connectivity index (χ0) is 14.2. The number of nitrogens with two attached hydrogens (primary N) is 1. The summed E-state index contributed by atoms with van der Waals surface area (Å²) in [6.07, 6.45) is 7.31. The third-order valence-corrected chi connectivity index (χ3v) is 6.26. The summed E-state index contributed by atoms with van der Waals surface area (Å²) in [5, 5.41) is 0. The molecule has 0 radical (unpaired) electrons. The molecule has 1 saturated carbocycles. The fourth-order valence-electron chi connectivity index (χ4n) is 3.59. The summed E-state index contributed by atoms with van der Waals surface area (Å²) in [7, 11) is -0.990. The van der Waals surface area contributed by atoms with Crippen molar-refractivity contribution in [2.24, 2.45) is 0 Å². The Bertz CT molecular complexity index is 523. The van der Waals surface area contributed by atoms with Gasteiger partial charge in [0.1, 0.15) is 0 Å². The Hall–Kier alpha value is -0.870. The molecule has 1 aromatic carbocycles. The van der Waals surface area contributed by atoms with Crippen molar-refractivity contribution in [2.75, 3.05) is 11.5 Å². The van der Waals surface area contributed by atoms with Gasteiger partial charge in [-0.15, -0.1) is 0 Å². The smallest absolute Gasteiger partial charge is 0.0702 e. The van der Waals surface area contributed by atoms with E-state index in [1.807, 2.05) is 25.1 Å². The van der Waals surface area contributed by atoms with Gasteiger partial charge >= 0.3 is 0 Å². The van der Waals surface area contributed by atoms with Gasteiger partial charge < -0.3 is 10.5 Å². The Morgan fingerprint density at radius 2 is 2.10 bits per heavy atom. The van der Waals surface area contributed by atoms with Crippen LogP contribution >= 0.6 is 0 Å². The topological polar surface area (TPSA) is 52.3 Å². The van der Waals surface area contributed by atoms with E-state index < -0.39 is 10.8 Å². The van der Waals surface area contributed by atoms with Crippen LogP contribution in [0.2, 0.25) is 0 Å². The van der Waals surface area contributed by atoms with Gasteiger partial charge in [-0.3, -0.25) is 4.21 Å². The number of benzene rings is 1. The molecule has 2 unspecified atom stereocenters. The molecular formula is C16H23NO2S.